The molecule has 0 aliphatic carbocycles. The van der Waals surface area contributed by atoms with E-state index in [2.05, 4.69) is 22.1 Å². The molecule has 1 aliphatic heterocycles. The Morgan fingerprint density at radius 1 is 1.05 bits per heavy atom. The smallest absolute Gasteiger partial charge is 0.181 e. The fourth-order valence-electron chi connectivity index (χ4n) is 4.61. The highest BCUT2D eigenvalue weighted by Gasteiger charge is 2.32. The van der Waals surface area contributed by atoms with E-state index in [-0.39, 0.29) is 17.5 Å². The molecule has 40 heavy (non-hydrogen) atoms. The van der Waals surface area contributed by atoms with Gasteiger partial charge in [-0.1, -0.05) is 47.6 Å². The number of thioether (sulfide) groups is 1. The second kappa shape index (κ2) is 11.7. The Bertz CT molecular complexity index is 1600. The number of anilines is 1. The van der Waals surface area contributed by atoms with Gasteiger partial charge in [-0.25, -0.2) is 9.97 Å². The zero-order valence-electron chi connectivity index (χ0n) is 22.0. The van der Waals surface area contributed by atoms with Crippen molar-refractivity contribution in [2.75, 3.05) is 12.3 Å². The zero-order chi connectivity index (χ0) is 28.3. The number of oxazole rings is 1. The highest BCUT2D eigenvalue weighted by Crippen LogP contribution is 2.38. The normalized spacial score (nSPS) is 16.0. The lowest BCUT2D eigenvalue weighted by Crippen LogP contribution is -2.21. The van der Waals surface area contributed by atoms with Crippen molar-refractivity contribution in [1.82, 2.24) is 9.97 Å². The molecule has 2 aromatic carbocycles. The standard InChI is InChI=1S/C30H26ClN5O3S/c1-30(2)38-15-22(39-30)12-5-18-3-6-19(7-4-18)26-23(13-32)28(34)36-29(24(26)14-33)40-16-25-27(37-17-35-25)20-8-10-21(31)11-9-20/h3-4,6-11,17,22H,5,12,15-16H2,1-2H3,(H2,34,36)/t22-/m0/s1. The molecule has 0 radical (unpaired) electrons. The van der Waals surface area contributed by atoms with Gasteiger partial charge >= 0.3 is 0 Å². The van der Waals surface area contributed by atoms with Crippen LogP contribution in [0.3, 0.4) is 0 Å². The second-order valence-electron chi connectivity index (χ2n) is 9.76. The molecule has 3 heterocycles. The number of nitrogen functional groups attached to an aromatic ring is 1. The van der Waals surface area contributed by atoms with Gasteiger partial charge in [-0.3, -0.25) is 0 Å². The fraction of sp³-hybridized carbons (Fsp3) is 0.267. The van der Waals surface area contributed by atoms with Crippen molar-refractivity contribution in [3.63, 3.8) is 0 Å². The van der Waals surface area contributed by atoms with Crippen LogP contribution in [0.4, 0.5) is 5.82 Å². The van der Waals surface area contributed by atoms with Crippen LogP contribution < -0.4 is 5.73 Å². The van der Waals surface area contributed by atoms with Crippen LogP contribution in [0.5, 0.6) is 0 Å². The van der Waals surface area contributed by atoms with E-state index in [0.717, 1.165) is 29.5 Å². The molecule has 5 rings (SSSR count). The maximum absolute atomic E-state index is 10.2. The number of ether oxygens (including phenoxy) is 2. The molecule has 0 unspecified atom stereocenters. The monoisotopic (exact) mass is 571 g/mol. The van der Waals surface area contributed by atoms with Crippen molar-refractivity contribution in [2.45, 2.75) is 49.4 Å². The summed E-state index contributed by atoms with van der Waals surface area (Å²) in [5, 5.41) is 21.1. The molecule has 4 aromatic rings. The van der Waals surface area contributed by atoms with Crippen molar-refractivity contribution >= 4 is 29.2 Å². The molecule has 1 aliphatic rings. The molecule has 1 saturated heterocycles. The molecule has 1 fully saturated rings. The summed E-state index contributed by atoms with van der Waals surface area (Å²) in [5.41, 5.74) is 10.5. The molecule has 0 amide bonds. The zero-order valence-corrected chi connectivity index (χ0v) is 23.6. The first-order valence-electron chi connectivity index (χ1n) is 12.6. The Hall–Kier alpha value is -3.86. The van der Waals surface area contributed by atoms with Crippen LogP contribution in [0, 0.1) is 22.7 Å². The number of aromatic nitrogens is 2. The largest absolute Gasteiger partial charge is 0.443 e. The van der Waals surface area contributed by atoms with E-state index in [1.54, 1.807) is 12.1 Å². The van der Waals surface area contributed by atoms with Gasteiger partial charge in [0.2, 0.25) is 0 Å². The number of nitriles is 2. The number of hydrogen-bond acceptors (Lipinski definition) is 9. The summed E-state index contributed by atoms with van der Waals surface area (Å²) in [6, 6.07) is 19.5. The van der Waals surface area contributed by atoms with Crippen LogP contribution in [0.15, 0.2) is 64.4 Å². The maximum atomic E-state index is 10.2. The number of nitrogens with two attached hydrogens (primary N) is 1. The highest BCUT2D eigenvalue weighted by atomic mass is 35.5. The molecule has 10 heteroatoms. The third kappa shape index (κ3) is 5.99. The first-order chi connectivity index (χ1) is 19.3. The van der Waals surface area contributed by atoms with Crippen LogP contribution in [0.1, 0.15) is 42.7 Å². The second-order valence-corrected chi connectivity index (χ2v) is 11.2. The van der Waals surface area contributed by atoms with Gasteiger partial charge in [0.15, 0.2) is 17.9 Å². The first kappa shape index (κ1) is 27.7. The predicted molar refractivity (Wildman–Crippen MR) is 153 cm³/mol. The minimum atomic E-state index is -0.544. The van der Waals surface area contributed by atoms with Gasteiger partial charge in [-0.05, 0) is 62.1 Å². The number of aryl methyl sites for hydroxylation is 1. The van der Waals surface area contributed by atoms with Gasteiger partial charge in [-0.15, -0.1) is 0 Å². The maximum Gasteiger partial charge on any atom is 0.181 e. The third-order valence-corrected chi connectivity index (χ3v) is 7.81. The Morgan fingerprint density at radius 2 is 1.75 bits per heavy atom. The third-order valence-electron chi connectivity index (χ3n) is 6.57. The van der Waals surface area contributed by atoms with Gasteiger partial charge < -0.3 is 19.6 Å². The molecule has 0 bridgehead atoms. The molecule has 0 saturated carbocycles. The van der Waals surface area contributed by atoms with Crippen LogP contribution >= 0.6 is 23.4 Å². The van der Waals surface area contributed by atoms with E-state index in [9.17, 15) is 10.5 Å². The first-order valence-corrected chi connectivity index (χ1v) is 14.0. The Kier molecular flexibility index (Phi) is 8.11. The summed E-state index contributed by atoms with van der Waals surface area (Å²) < 4.78 is 17.2. The van der Waals surface area contributed by atoms with Gasteiger partial charge in [0, 0.05) is 21.9 Å². The molecule has 2 aromatic heterocycles. The van der Waals surface area contributed by atoms with Crippen LogP contribution in [0.25, 0.3) is 22.5 Å². The minimum Gasteiger partial charge on any atom is -0.443 e. The predicted octanol–water partition coefficient (Wildman–Crippen LogP) is 6.76. The average molecular weight is 572 g/mol. The lowest BCUT2D eigenvalue weighted by Gasteiger charge is -2.17. The molecule has 202 valence electrons. The highest BCUT2D eigenvalue weighted by molar-refractivity contribution is 7.98. The van der Waals surface area contributed by atoms with E-state index < -0.39 is 5.79 Å². The molecule has 1 atom stereocenters. The number of rotatable bonds is 8. The number of halogens is 1. The Morgan fingerprint density at radius 3 is 2.40 bits per heavy atom. The van der Waals surface area contributed by atoms with Crippen molar-refractivity contribution in [2.24, 2.45) is 0 Å². The van der Waals surface area contributed by atoms with Crippen molar-refractivity contribution in [1.29, 1.82) is 10.5 Å². The molecule has 2 N–H and O–H groups in total. The molecule has 8 nitrogen and oxygen atoms in total. The van der Waals surface area contributed by atoms with E-state index in [1.807, 2.05) is 50.2 Å². The van der Waals surface area contributed by atoms with E-state index in [1.165, 1.54) is 18.2 Å². The molecular formula is C30H26ClN5O3S. The Labute approximate surface area is 241 Å². The van der Waals surface area contributed by atoms with E-state index >= 15 is 0 Å². The topological polar surface area (TPSA) is 131 Å². The molecular weight excluding hydrogens is 546 g/mol. The summed E-state index contributed by atoms with van der Waals surface area (Å²) >= 11 is 7.33. The van der Waals surface area contributed by atoms with E-state index in [0.29, 0.717) is 45.0 Å². The van der Waals surface area contributed by atoms with Crippen molar-refractivity contribution in [3.8, 4) is 34.6 Å². The fourth-order valence-corrected chi connectivity index (χ4v) is 5.67. The minimum absolute atomic E-state index is 0.0505. The summed E-state index contributed by atoms with van der Waals surface area (Å²) in [4.78, 5) is 8.77. The number of nitrogens with zero attached hydrogens (tertiary/aromatic N) is 4. The van der Waals surface area contributed by atoms with Gasteiger partial charge in [0.05, 0.1) is 24.0 Å². The van der Waals surface area contributed by atoms with Gasteiger partial charge in [-0.2, -0.15) is 10.5 Å². The van der Waals surface area contributed by atoms with Crippen LogP contribution in [-0.4, -0.2) is 28.5 Å². The lowest BCUT2D eigenvalue weighted by atomic mass is 9.95. The van der Waals surface area contributed by atoms with Crippen LogP contribution in [-0.2, 0) is 21.6 Å². The van der Waals surface area contributed by atoms with Crippen molar-refractivity contribution in [3.05, 3.63) is 82.3 Å². The average Bonchev–Trinajstić information content (AvgIpc) is 3.56. The summed E-state index contributed by atoms with van der Waals surface area (Å²) in [7, 11) is 0. The Balaban J connectivity index is 1.38. The van der Waals surface area contributed by atoms with Crippen molar-refractivity contribution < 1.29 is 13.9 Å². The summed E-state index contributed by atoms with van der Waals surface area (Å²) in [6.07, 6.45) is 3.08. The van der Waals surface area contributed by atoms with E-state index in [4.69, 9.17) is 31.2 Å². The quantitative estimate of drug-likeness (QED) is 0.228. The number of pyridine rings is 1. The SMILES string of the molecule is CC1(C)OC[C@H](CCc2ccc(-c3c(C#N)c(N)nc(SCc4ncoc4-c4ccc(Cl)cc4)c3C#N)cc2)O1. The van der Waals surface area contributed by atoms with Crippen LogP contribution in [0.2, 0.25) is 5.02 Å². The number of benzene rings is 2. The summed E-state index contributed by atoms with van der Waals surface area (Å²) in [6.45, 7) is 4.41. The lowest BCUT2D eigenvalue weighted by molar-refractivity contribution is -0.138. The molecule has 0 spiro atoms. The number of hydrogen-bond donors (Lipinski definition) is 1. The summed E-state index contributed by atoms with van der Waals surface area (Å²) in [5.74, 6) is 0.516. The van der Waals surface area contributed by atoms with Gasteiger partial charge in [0.1, 0.15) is 28.5 Å². The van der Waals surface area contributed by atoms with Gasteiger partial charge in [0.25, 0.3) is 0 Å².